The van der Waals surface area contributed by atoms with Gasteiger partial charge in [-0.1, -0.05) is 47.1 Å². The highest BCUT2D eigenvalue weighted by Crippen LogP contribution is 2.38. The smallest absolute Gasteiger partial charge is 0.258 e. The van der Waals surface area contributed by atoms with Crippen molar-refractivity contribution in [2.75, 3.05) is 0 Å². The summed E-state index contributed by atoms with van der Waals surface area (Å²) < 4.78 is 33.2. The average Bonchev–Trinajstić information content (AvgIpc) is 3.33. The van der Waals surface area contributed by atoms with E-state index in [1.165, 1.54) is 29.8 Å². The lowest BCUT2D eigenvalue weighted by molar-refractivity contribution is 0.396. The largest absolute Gasteiger partial charge is 0.351 e. The van der Waals surface area contributed by atoms with Gasteiger partial charge in [-0.05, 0) is 73.6 Å². The van der Waals surface area contributed by atoms with Gasteiger partial charge in [0.1, 0.15) is 11.6 Å². The summed E-state index contributed by atoms with van der Waals surface area (Å²) in [5.74, 6) is -0.0951. The third-order valence-electron chi connectivity index (χ3n) is 6.00. The first kappa shape index (κ1) is 22.9. The van der Waals surface area contributed by atoms with Gasteiger partial charge < -0.3 is 14.7 Å². The SMILES string of the molecule is CC1=C(c2nc(-c3ccc(F)cc3)no2)C(c2cccc(F)c2)NC(=S)N1Cc1ccc(C)cc1. The van der Waals surface area contributed by atoms with Crippen molar-refractivity contribution in [1.29, 1.82) is 0 Å². The number of thiocarbonyl (C=S) groups is 1. The van der Waals surface area contributed by atoms with Crippen molar-refractivity contribution in [1.82, 2.24) is 20.4 Å². The van der Waals surface area contributed by atoms with Gasteiger partial charge in [-0.3, -0.25) is 0 Å². The van der Waals surface area contributed by atoms with Crippen LogP contribution in [0.25, 0.3) is 17.0 Å². The Morgan fingerprint density at radius 3 is 2.43 bits per heavy atom. The summed E-state index contributed by atoms with van der Waals surface area (Å²) >= 11 is 5.72. The van der Waals surface area contributed by atoms with Crippen molar-refractivity contribution in [2.45, 2.75) is 26.4 Å². The zero-order valence-electron chi connectivity index (χ0n) is 19.1. The minimum atomic E-state index is -0.492. The molecule has 0 fully saturated rings. The Balaban J connectivity index is 1.59. The summed E-state index contributed by atoms with van der Waals surface area (Å²) in [6.07, 6.45) is 0. The van der Waals surface area contributed by atoms with E-state index in [2.05, 4.69) is 39.7 Å². The van der Waals surface area contributed by atoms with E-state index in [0.717, 1.165) is 11.3 Å². The normalized spacial score (nSPS) is 15.9. The number of aryl methyl sites for hydroxylation is 1. The van der Waals surface area contributed by atoms with Crippen LogP contribution in [0.2, 0.25) is 0 Å². The molecule has 0 bridgehead atoms. The molecule has 0 saturated heterocycles. The van der Waals surface area contributed by atoms with Crippen molar-refractivity contribution in [2.24, 2.45) is 0 Å². The number of benzene rings is 3. The maximum Gasteiger partial charge on any atom is 0.258 e. The predicted octanol–water partition coefficient (Wildman–Crippen LogP) is 6.19. The second-order valence-electron chi connectivity index (χ2n) is 8.44. The van der Waals surface area contributed by atoms with Gasteiger partial charge in [-0.2, -0.15) is 4.98 Å². The highest BCUT2D eigenvalue weighted by molar-refractivity contribution is 7.80. The number of nitrogens with zero attached hydrogens (tertiary/aromatic N) is 3. The monoisotopic (exact) mass is 488 g/mol. The molecule has 0 aliphatic carbocycles. The zero-order chi connectivity index (χ0) is 24.5. The predicted molar refractivity (Wildman–Crippen MR) is 134 cm³/mol. The summed E-state index contributed by atoms with van der Waals surface area (Å²) in [6.45, 7) is 4.51. The number of halogens is 2. The van der Waals surface area contributed by atoms with Gasteiger partial charge in [-0.25, -0.2) is 8.78 Å². The number of nitrogens with one attached hydrogen (secondary N) is 1. The third kappa shape index (κ3) is 4.70. The Bertz CT molecular complexity index is 1410. The van der Waals surface area contributed by atoms with Crippen molar-refractivity contribution in [3.8, 4) is 11.4 Å². The van der Waals surface area contributed by atoms with Crippen LogP contribution >= 0.6 is 12.2 Å². The van der Waals surface area contributed by atoms with Crippen LogP contribution in [-0.4, -0.2) is 20.2 Å². The first-order chi connectivity index (χ1) is 16.9. The van der Waals surface area contributed by atoms with Gasteiger partial charge in [0.05, 0.1) is 11.6 Å². The molecule has 0 radical (unpaired) electrons. The van der Waals surface area contributed by atoms with Crippen LogP contribution in [-0.2, 0) is 6.54 Å². The second-order valence-corrected chi connectivity index (χ2v) is 8.83. The number of aromatic nitrogens is 2. The molecule has 1 aliphatic rings. The van der Waals surface area contributed by atoms with Crippen LogP contribution in [0.1, 0.15) is 35.5 Å². The minimum absolute atomic E-state index is 0.278. The lowest BCUT2D eigenvalue weighted by Gasteiger charge is -2.37. The van der Waals surface area contributed by atoms with Gasteiger partial charge in [0.2, 0.25) is 5.82 Å². The molecule has 3 aromatic carbocycles. The molecule has 8 heteroatoms. The van der Waals surface area contributed by atoms with Gasteiger partial charge in [0.15, 0.2) is 5.11 Å². The lowest BCUT2D eigenvalue weighted by atomic mass is 9.94. The quantitative estimate of drug-likeness (QED) is 0.338. The molecular formula is C27H22F2N4OS. The van der Waals surface area contributed by atoms with Crippen LogP contribution in [0.4, 0.5) is 8.78 Å². The molecule has 1 aliphatic heterocycles. The fraction of sp³-hybridized carbons (Fsp3) is 0.148. The van der Waals surface area contributed by atoms with Gasteiger partial charge in [-0.15, -0.1) is 0 Å². The average molecular weight is 489 g/mol. The highest BCUT2D eigenvalue weighted by Gasteiger charge is 2.34. The summed E-state index contributed by atoms with van der Waals surface area (Å²) in [5.41, 5.74) is 5.07. The summed E-state index contributed by atoms with van der Waals surface area (Å²) in [4.78, 5) is 6.56. The molecule has 35 heavy (non-hydrogen) atoms. The Morgan fingerprint density at radius 1 is 0.971 bits per heavy atom. The third-order valence-corrected chi connectivity index (χ3v) is 6.34. The van der Waals surface area contributed by atoms with Gasteiger partial charge >= 0.3 is 0 Å². The summed E-state index contributed by atoms with van der Waals surface area (Å²) in [6, 6.07) is 19.9. The molecule has 2 heterocycles. The Kier molecular flexibility index (Phi) is 6.13. The van der Waals surface area contributed by atoms with Gasteiger partial charge in [0.25, 0.3) is 5.89 Å². The van der Waals surface area contributed by atoms with E-state index in [1.807, 2.05) is 24.8 Å². The molecule has 4 aromatic rings. The molecule has 0 saturated carbocycles. The number of hydrogen-bond donors (Lipinski definition) is 1. The summed E-state index contributed by atoms with van der Waals surface area (Å²) in [7, 11) is 0. The van der Waals surface area contributed by atoms with E-state index in [9.17, 15) is 8.78 Å². The summed E-state index contributed by atoms with van der Waals surface area (Å²) in [5, 5.41) is 7.96. The highest BCUT2D eigenvalue weighted by atomic mass is 32.1. The van der Waals surface area contributed by atoms with Crippen LogP contribution in [0.15, 0.2) is 83.0 Å². The molecule has 0 amide bonds. The first-order valence-corrected chi connectivity index (χ1v) is 11.5. The maximum absolute atomic E-state index is 14.1. The Hall–Kier alpha value is -3.91. The van der Waals surface area contributed by atoms with Crippen LogP contribution in [0, 0.1) is 18.6 Å². The lowest BCUT2D eigenvalue weighted by Crippen LogP contribution is -2.45. The van der Waals surface area contributed by atoms with E-state index in [0.29, 0.717) is 34.2 Å². The number of hydrogen-bond acceptors (Lipinski definition) is 4. The van der Waals surface area contributed by atoms with Crippen molar-refractivity contribution in [3.63, 3.8) is 0 Å². The van der Waals surface area contributed by atoms with Crippen molar-refractivity contribution < 1.29 is 13.3 Å². The molecule has 1 N–H and O–H groups in total. The molecule has 5 rings (SSSR count). The zero-order valence-corrected chi connectivity index (χ0v) is 19.9. The fourth-order valence-electron chi connectivity index (χ4n) is 4.11. The van der Waals surface area contributed by atoms with Crippen molar-refractivity contribution in [3.05, 3.63) is 113 Å². The fourth-order valence-corrected chi connectivity index (χ4v) is 4.43. The minimum Gasteiger partial charge on any atom is -0.351 e. The first-order valence-electron chi connectivity index (χ1n) is 11.1. The van der Waals surface area contributed by atoms with E-state index >= 15 is 0 Å². The molecule has 0 spiro atoms. The van der Waals surface area contributed by atoms with Crippen molar-refractivity contribution >= 4 is 22.9 Å². The van der Waals surface area contributed by atoms with E-state index in [4.69, 9.17) is 16.7 Å². The maximum atomic E-state index is 14.1. The van der Waals surface area contributed by atoms with E-state index in [-0.39, 0.29) is 17.5 Å². The second kappa shape index (κ2) is 9.38. The molecule has 1 unspecified atom stereocenters. The molecule has 1 atom stereocenters. The molecular weight excluding hydrogens is 466 g/mol. The van der Waals surface area contributed by atoms with Crippen LogP contribution in [0.5, 0.6) is 0 Å². The molecule has 5 nitrogen and oxygen atoms in total. The van der Waals surface area contributed by atoms with Gasteiger partial charge in [0, 0.05) is 17.8 Å². The van der Waals surface area contributed by atoms with E-state index < -0.39 is 6.04 Å². The van der Waals surface area contributed by atoms with E-state index in [1.54, 1.807) is 18.2 Å². The molecule has 176 valence electrons. The number of rotatable bonds is 5. The van der Waals surface area contributed by atoms with Crippen LogP contribution in [0.3, 0.4) is 0 Å². The Labute approximate surface area is 207 Å². The molecule has 1 aromatic heterocycles. The number of allylic oxidation sites excluding steroid dienone is 1. The topological polar surface area (TPSA) is 54.2 Å². The Morgan fingerprint density at radius 2 is 1.71 bits per heavy atom. The van der Waals surface area contributed by atoms with Crippen LogP contribution < -0.4 is 5.32 Å². The standard InChI is InChI=1S/C27H22F2N4OS/c1-16-6-8-18(9-7-16)15-33-17(2)23(24(30-27(33)35)20-4-3-5-22(29)14-20)26-31-25(32-34-26)19-10-12-21(28)13-11-19/h3-14,24H,15H2,1-2H3,(H,30,35).